The van der Waals surface area contributed by atoms with Crippen LogP contribution in [-0.4, -0.2) is 19.2 Å². The van der Waals surface area contributed by atoms with E-state index in [1.165, 1.54) is 12.3 Å². The third-order valence-corrected chi connectivity index (χ3v) is 5.40. The van der Waals surface area contributed by atoms with Gasteiger partial charge in [-0.05, 0) is 29.7 Å². The summed E-state index contributed by atoms with van der Waals surface area (Å²) in [6.07, 6.45) is 1.50. The fraction of sp³-hybridized carbons (Fsp3) is 0.214. The SMILES string of the molecule is C[C@H](CS(=O)(=O)c1ccccn1)c1ccccc1Br. The minimum Gasteiger partial charge on any atom is -0.245 e. The van der Waals surface area contributed by atoms with Crippen molar-refractivity contribution in [1.29, 1.82) is 0 Å². The molecule has 2 aromatic rings. The van der Waals surface area contributed by atoms with Gasteiger partial charge in [-0.2, -0.15) is 0 Å². The summed E-state index contributed by atoms with van der Waals surface area (Å²) in [5.41, 5.74) is 0.988. The molecular weight excluding hydrogens is 326 g/mol. The number of nitrogens with zero attached hydrogens (tertiary/aromatic N) is 1. The predicted molar refractivity (Wildman–Crippen MR) is 78.8 cm³/mol. The molecule has 1 heterocycles. The maximum Gasteiger partial charge on any atom is 0.196 e. The van der Waals surface area contributed by atoms with E-state index in [2.05, 4.69) is 20.9 Å². The van der Waals surface area contributed by atoms with E-state index in [9.17, 15) is 8.42 Å². The standard InChI is InChI=1S/C14H14BrNO2S/c1-11(12-6-2-3-7-13(12)15)10-19(17,18)14-8-4-5-9-16-14/h2-9,11H,10H2,1H3/t11-/m1/s1. The Bertz CT molecular complexity index is 656. The molecule has 0 spiro atoms. The first-order valence-electron chi connectivity index (χ1n) is 5.89. The molecule has 19 heavy (non-hydrogen) atoms. The lowest BCUT2D eigenvalue weighted by Crippen LogP contribution is -2.14. The largest absolute Gasteiger partial charge is 0.245 e. The Labute approximate surface area is 121 Å². The maximum atomic E-state index is 12.2. The van der Waals surface area contributed by atoms with Gasteiger partial charge in [0.25, 0.3) is 0 Å². The molecule has 1 atom stereocenters. The first kappa shape index (κ1) is 14.2. The van der Waals surface area contributed by atoms with E-state index in [1.807, 2.05) is 31.2 Å². The van der Waals surface area contributed by atoms with Crippen molar-refractivity contribution in [2.24, 2.45) is 0 Å². The van der Waals surface area contributed by atoms with E-state index >= 15 is 0 Å². The molecule has 3 nitrogen and oxygen atoms in total. The minimum absolute atomic E-state index is 0.0482. The normalized spacial score (nSPS) is 13.2. The van der Waals surface area contributed by atoms with Crippen molar-refractivity contribution in [3.63, 3.8) is 0 Å². The Hall–Kier alpha value is -1.20. The molecule has 2 rings (SSSR count). The van der Waals surface area contributed by atoms with Crippen LogP contribution in [0.4, 0.5) is 0 Å². The predicted octanol–water partition coefficient (Wildman–Crippen LogP) is 3.42. The van der Waals surface area contributed by atoms with Gasteiger partial charge in [0, 0.05) is 10.7 Å². The van der Waals surface area contributed by atoms with Gasteiger partial charge in [-0.1, -0.05) is 47.1 Å². The van der Waals surface area contributed by atoms with Crippen LogP contribution in [-0.2, 0) is 9.84 Å². The van der Waals surface area contributed by atoms with Gasteiger partial charge in [0.2, 0.25) is 0 Å². The highest BCUT2D eigenvalue weighted by atomic mass is 79.9. The van der Waals surface area contributed by atoms with Crippen molar-refractivity contribution in [3.05, 3.63) is 58.7 Å². The third-order valence-electron chi connectivity index (χ3n) is 2.86. The lowest BCUT2D eigenvalue weighted by molar-refractivity contribution is 0.586. The molecule has 0 aliphatic carbocycles. The second-order valence-corrected chi connectivity index (χ2v) is 7.21. The molecule has 5 heteroatoms. The first-order valence-corrected chi connectivity index (χ1v) is 8.33. The summed E-state index contributed by atoms with van der Waals surface area (Å²) >= 11 is 3.45. The molecule has 0 bridgehead atoms. The molecule has 0 saturated carbocycles. The number of rotatable bonds is 4. The number of hydrogen-bond acceptors (Lipinski definition) is 3. The van der Waals surface area contributed by atoms with Crippen LogP contribution < -0.4 is 0 Å². The van der Waals surface area contributed by atoms with E-state index in [0.717, 1.165) is 10.0 Å². The van der Waals surface area contributed by atoms with Crippen LogP contribution in [0.15, 0.2) is 58.2 Å². The van der Waals surface area contributed by atoms with Gasteiger partial charge in [-0.25, -0.2) is 13.4 Å². The zero-order valence-electron chi connectivity index (χ0n) is 10.5. The molecule has 0 amide bonds. The second kappa shape index (κ2) is 5.84. The zero-order valence-corrected chi connectivity index (χ0v) is 12.9. The van der Waals surface area contributed by atoms with Crippen molar-refractivity contribution >= 4 is 25.8 Å². The summed E-state index contributed by atoms with van der Waals surface area (Å²) in [7, 11) is -3.36. The van der Waals surface area contributed by atoms with Gasteiger partial charge in [0.05, 0.1) is 5.75 Å². The molecule has 0 N–H and O–H groups in total. The number of benzene rings is 1. The Morgan fingerprint density at radius 3 is 2.47 bits per heavy atom. The second-order valence-electron chi connectivity index (χ2n) is 4.37. The highest BCUT2D eigenvalue weighted by Crippen LogP contribution is 2.26. The zero-order chi connectivity index (χ0) is 13.9. The Balaban J connectivity index is 2.24. The van der Waals surface area contributed by atoms with Gasteiger partial charge in [0.1, 0.15) is 0 Å². The van der Waals surface area contributed by atoms with Crippen LogP contribution in [0.1, 0.15) is 18.4 Å². The van der Waals surface area contributed by atoms with Crippen molar-refractivity contribution in [1.82, 2.24) is 4.98 Å². The number of pyridine rings is 1. The maximum absolute atomic E-state index is 12.2. The fourth-order valence-corrected chi connectivity index (χ4v) is 4.10. The van der Waals surface area contributed by atoms with Gasteiger partial charge in [-0.15, -0.1) is 0 Å². The number of hydrogen-bond donors (Lipinski definition) is 0. The molecule has 100 valence electrons. The number of aromatic nitrogens is 1. The van der Waals surface area contributed by atoms with E-state index < -0.39 is 9.84 Å². The number of halogens is 1. The molecule has 1 aromatic carbocycles. The van der Waals surface area contributed by atoms with Gasteiger partial charge < -0.3 is 0 Å². The highest BCUT2D eigenvalue weighted by Gasteiger charge is 2.21. The van der Waals surface area contributed by atoms with Crippen LogP contribution in [0.2, 0.25) is 0 Å². The van der Waals surface area contributed by atoms with E-state index in [-0.39, 0.29) is 16.7 Å². The van der Waals surface area contributed by atoms with Crippen molar-refractivity contribution in [2.45, 2.75) is 17.9 Å². The fourth-order valence-electron chi connectivity index (χ4n) is 1.91. The molecule has 0 saturated heterocycles. The Morgan fingerprint density at radius 2 is 1.84 bits per heavy atom. The summed E-state index contributed by atoms with van der Waals surface area (Å²) in [6, 6.07) is 12.6. The average Bonchev–Trinajstić information content (AvgIpc) is 2.39. The first-order chi connectivity index (χ1) is 9.00. The Morgan fingerprint density at radius 1 is 1.16 bits per heavy atom. The quantitative estimate of drug-likeness (QED) is 0.857. The smallest absolute Gasteiger partial charge is 0.196 e. The number of sulfone groups is 1. The minimum atomic E-state index is -3.36. The lowest BCUT2D eigenvalue weighted by Gasteiger charge is -2.13. The van der Waals surface area contributed by atoms with Crippen molar-refractivity contribution < 1.29 is 8.42 Å². The van der Waals surface area contributed by atoms with Crippen molar-refractivity contribution in [3.8, 4) is 0 Å². The lowest BCUT2D eigenvalue weighted by atomic mass is 10.0. The summed E-state index contributed by atoms with van der Waals surface area (Å²) in [4.78, 5) is 3.92. The van der Waals surface area contributed by atoms with Crippen LogP contribution in [0.5, 0.6) is 0 Å². The van der Waals surface area contributed by atoms with Gasteiger partial charge >= 0.3 is 0 Å². The molecule has 1 aromatic heterocycles. The van der Waals surface area contributed by atoms with Crippen LogP contribution in [0.25, 0.3) is 0 Å². The molecular formula is C14H14BrNO2S. The Kier molecular flexibility index (Phi) is 4.37. The van der Waals surface area contributed by atoms with Crippen molar-refractivity contribution in [2.75, 3.05) is 5.75 Å². The molecule has 0 aliphatic rings. The molecule has 0 fully saturated rings. The van der Waals surface area contributed by atoms with E-state index in [1.54, 1.807) is 12.1 Å². The molecule has 0 unspecified atom stereocenters. The van der Waals surface area contributed by atoms with Gasteiger partial charge in [0.15, 0.2) is 14.9 Å². The van der Waals surface area contributed by atoms with Crippen LogP contribution in [0.3, 0.4) is 0 Å². The highest BCUT2D eigenvalue weighted by molar-refractivity contribution is 9.10. The molecule has 0 aliphatic heterocycles. The summed E-state index contributed by atoms with van der Waals surface area (Å²) in [6.45, 7) is 1.90. The van der Waals surface area contributed by atoms with Crippen LogP contribution in [0, 0.1) is 0 Å². The van der Waals surface area contributed by atoms with Gasteiger partial charge in [-0.3, -0.25) is 0 Å². The van der Waals surface area contributed by atoms with E-state index in [0.29, 0.717) is 0 Å². The summed E-state index contributed by atoms with van der Waals surface area (Å²) in [5.74, 6) is -0.0466. The summed E-state index contributed by atoms with van der Waals surface area (Å²) < 4.78 is 25.4. The van der Waals surface area contributed by atoms with Crippen LogP contribution >= 0.6 is 15.9 Å². The third kappa shape index (κ3) is 3.42. The van der Waals surface area contributed by atoms with E-state index in [4.69, 9.17) is 0 Å². The molecule has 0 radical (unpaired) electrons. The summed E-state index contributed by atoms with van der Waals surface area (Å²) in [5, 5.41) is 0.133. The topological polar surface area (TPSA) is 47.0 Å². The monoisotopic (exact) mass is 339 g/mol. The average molecular weight is 340 g/mol.